The zero-order chi connectivity index (χ0) is 26.4. The highest BCUT2D eigenvalue weighted by molar-refractivity contribution is 5.94. The summed E-state index contributed by atoms with van der Waals surface area (Å²) in [6, 6.07) is 12.5. The van der Waals surface area contributed by atoms with Gasteiger partial charge in [-0.15, -0.1) is 0 Å². The number of aliphatic hydroxyl groups is 1. The number of nitrogens with zero attached hydrogens (tertiary/aromatic N) is 3. The monoisotopic (exact) mass is 502 g/mol. The highest BCUT2D eigenvalue weighted by Crippen LogP contribution is 2.27. The largest absolute Gasteiger partial charge is 0.373 e. The van der Waals surface area contributed by atoms with Crippen molar-refractivity contribution < 1.29 is 23.8 Å². The van der Waals surface area contributed by atoms with Gasteiger partial charge in [-0.25, -0.2) is 4.98 Å². The fourth-order valence-electron chi connectivity index (χ4n) is 3.94. The predicted molar refractivity (Wildman–Crippen MR) is 135 cm³/mol. The zero-order valence-corrected chi connectivity index (χ0v) is 20.4. The molecule has 0 unspecified atom stereocenters. The van der Waals surface area contributed by atoms with Crippen LogP contribution in [0.5, 0.6) is 0 Å². The minimum Gasteiger partial charge on any atom is -0.373 e. The van der Waals surface area contributed by atoms with Gasteiger partial charge < -0.3 is 20.5 Å². The first-order valence-electron chi connectivity index (χ1n) is 11.8. The number of rotatable bonds is 3. The number of nitrogens with two attached hydrogens (primary N) is 1. The summed E-state index contributed by atoms with van der Waals surface area (Å²) in [5, 5.41) is 9.89. The number of anilines is 1. The summed E-state index contributed by atoms with van der Waals surface area (Å²) in [5.41, 5.74) is 8.43. The molecule has 2 aliphatic heterocycles. The van der Waals surface area contributed by atoms with Gasteiger partial charge in [0.2, 0.25) is 11.9 Å². The van der Waals surface area contributed by atoms with Gasteiger partial charge in [0.1, 0.15) is 5.69 Å². The molecule has 2 aromatic heterocycles. The molecule has 1 saturated heterocycles. The molecule has 0 bridgehead atoms. The summed E-state index contributed by atoms with van der Waals surface area (Å²) < 4.78 is 18.3. The van der Waals surface area contributed by atoms with Gasteiger partial charge in [0, 0.05) is 49.1 Å². The van der Waals surface area contributed by atoms with Gasteiger partial charge in [0.25, 0.3) is 5.91 Å². The van der Waals surface area contributed by atoms with E-state index in [9.17, 15) is 19.1 Å². The van der Waals surface area contributed by atoms with Crippen molar-refractivity contribution in [3.8, 4) is 11.8 Å². The van der Waals surface area contributed by atoms with Crippen molar-refractivity contribution in [1.29, 1.82) is 0 Å². The standard InChI is InChI=1S/C16H17NO3.C12H10FN3O/c1-17-14-9-12(7-8-16(19)10-20-11-16)5-6-13(14)3-2-4-15(17)18;13-11-9(2-1-4-16-11)6-8-3-5-15-10(7-8)12(14)17/h5-6,9,19H,2-4,10-11H2,1H3;1-5,7H,6H2,(H2,14,17). The topological polar surface area (TPSA) is 119 Å². The van der Waals surface area contributed by atoms with Crippen LogP contribution in [-0.2, 0) is 22.4 Å². The average molecular weight is 503 g/mol. The van der Waals surface area contributed by atoms with Crippen molar-refractivity contribution in [2.24, 2.45) is 5.73 Å². The number of halogens is 1. The van der Waals surface area contributed by atoms with Crippen LogP contribution in [0.4, 0.5) is 10.1 Å². The summed E-state index contributed by atoms with van der Waals surface area (Å²) in [5.74, 6) is 4.84. The maximum atomic E-state index is 13.3. The fourth-order valence-corrected chi connectivity index (χ4v) is 3.94. The van der Waals surface area contributed by atoms with Crippen LogP contribution < -0.4 is 10.6 Å². The molecule has 9 heteroatoms. The third kappa shape index (κ3) is 6.55. The number of carbonyl (C=O) groups is 2. The number of primary amides is 1. The lowest BCUT2D eigenvalue weighted by Gasteiger charge is -2.30. The minimum absolute atomic E-state index is 0.139. The summed E-state index contributed by atoms with van der Waals surface area (Å²) in [6.07, 6.45) is 5.60. The molecule has 2 aliphatic rings. The van der Waals surface area contributed by atoms with Gasteiger partial charge in [0.15, 0.2) is 5.60 Å². The molecule has 4 heterocycles. The highest BCUT2D eigenvalue weighted by atomic mass is 19.1. The Kier molecular flexibility index (Phi) is 7.92. The highest BCUT2D eigenvalue weighted by Gasteiger charge is 2.33. The van der Waals surface area contributed by atoms with Crippen LogP contribution in [0, 0.1) is 17.8 Å². The summed E-state index contributed by atoms with van der Waals surface area (Å²) in [6.45, 7) is 0.534. The van der Waals surface area contributed by atoms with Crippen molar-refractivity contribution in [3.05, 3.63) is 88.8 Å². The number of hydrogen-bond acceptors (Lipinski definition) is 6. The first-order chi connectivity index (χ1) is 17.7. The quantitative estimate of drug-likeness (QED) is 0.420. The zero-order valence-electron chi connectivity index (χ0n) is 20.4. The molecule has 3 N–H and O–H groups in total. The number of fused-ring (bicyclic) bond motifs is 1. The van der Waals surface area contributed by atoms with Crippen molar-refractivity contribution in [2.45, 2.75) is 31.3 Å². The Bertz CT molecular complexity index is 1380. The summed E-state index contributed by atoms with van der Waals surface area (Å²) in [7, 11) is 1.80. The summed E-state index contributed by atoms with van der Waals surface area (Å²) in [4.78, 5) is 31.9. The van der Waals surface area contributed by atoms with E-state index >= 15 is 0 Å². The van der Waals surface area contributed by atoms with E-state index in [4.69, 9.17) is 10.5 Å². The maximum Gasteiger partial charge on any atom is 0.267 e. The molecule has 3 aromatic rings. The van der Waals surface area contributed by atoms with Crippen LogP contribution in [-0.4, -0.2) is 52.8 Å². The molecule has 0 radical (unpaired) electrons. The second-order valence-corrected chi connectivity index (χ2v) is 8.97. The molecular formula is C28H27FN4O4. The van der Waals surface area contributed by atoms with E-state index < -0.39 is 17.5 Å². The Hall–Kier alpha value is -4.13. The molecular weight excluding hydrogens is 475 g/mol. The van der Waals surface area contributed by atoms with E-state index in [1.807, 2.05) is 18.2 Å². The van der Waals surface area contributed by atoms with Gasteiger partial charge in [-0.3, -0.25) is 14.6 Å². The Morgan fingerprint density at radius 3 is 2.70 bits per heavy atom. The minimum atomic E-state index is -1.01. The second kappa shape index (κ2) is 11.3. The normalized spacial score (nSPS) is 15.6. The van der Waals surface area contributed by atoms with Crippen molar-refractivity contribution in [2.75, 3.05) is 25.2 Å². The van der Waals surface area contributed by atoms with Crippen LogP contribution in [0.3, 0.4) is 0 Å². The van der Waals surface area contributed by atoms with Crippen molar-refractivity contribution in [3.63, 3.8) is 0 Å². The molecule has 8 nitrogen and oxygen atoms in total. The van der Waals surface area contributed by atoms with Gasteiger partial charge in [0.05, 0.1) is 13.2 Å². The predicted octanol–water partition coefficient (Wildman–Crippen LogP) is 2.40. The average Bonchev–Trinajstić information content (AvgIpc) is 3.01. The van der Waals surface area contributed by atoms with Crippen LogP contribution in [0.1, 0.15) is 45.6 Å². The lowest BCUT2D eigenvalue weighted by atomic mass is 10.0. The molecule has 1 fully saturated rings. The van der Waals surface area contributed by atoms with Crippen molar-refractivity contribution >= 4 is 17.5 Å². The van der Waals surface area contributed by atoms with E-state index in [1.165, 1.54) is 18.0 Å². The number of hydrogen-bond donors (Lipinski definition) is 2. The lowest BCUT2D eigenvalue weighted by molar-refractivity contribution is -0.140. The SMILES string of the molecule is CN1C(=O)CCCc2ccc(C#CC3(O)COC3)cc21.NC(=O)c1cc(Cc2cccnc2F)ccn1. The fraction of sp³-hybridized carbons (Fsp3) is 0.286. The number of benzene rings is 1. The first kappa shape index (κ1) is 25.9. The Morgan fingerprint density at radius 2 is 2.00 bits per heavy atom. The Balaban J connectivity index is 0.000000176. The van der Waals surface area contributed by atoms with Gasteiger partial charge in [-0.1, -0.05) is 24.0 Å². The second-order valence-electron chi connectivity index (χ2n) is 8.97. The third-order valence-corrected chi connectivity index (χ3v) is 6.09. The van der Waals surface area contributed by atoms with Crippen LogP contribution in [0.15, 0.2) is 54.9 Å². The molecule has 1 aromatic carbocycles. The van der Waals surface area contributed by atoms with Gasteiger partial charge >= 0.3 is 0 Å². The van der Waals surface area contributed by atoms with E-state index in [0.717, 1.165) is 29.7 Å². The van der Waals surface area contributed by atoms with Gasteiger partial charge in [-0.05, 0) is 54.3 Å². The smallest absolute Gasteiger partial charge is 0.267 e. The Morgan fingerprint density at radius 1 is 1.19 bits per heavy atom. The number of carbonyl (C=O) groups excluding carboxylic acids is 2. The molecule has 190 valence electrons. The van der Waals surface area contributed by atoms with E-state index in [-0.39, 0.29) is 24.8 Å². The number of ether oxygens (including phenoxy) is 1. The number of aromatic nitrogens is 2. The van der Waals surface area contributed by atoms with Crippen LogP contribution >= 0.6 is 0 Å². The molecule has 0 atom stereocenters. The summed E-state index contributed by atoms with van der Waals surface area (Å²) >= 11 is 0. The molecule has 5 rings (SSSR count). The molecule has 37 heavy (non-hydrogen) atoms. The third-order valence-electron chi connectivity index (χ3n) is 6.09. The molecule has 0 spiro atoms. The first-order valence-corrected chi connectivity index (χ1v) is 11.8. The number of aryl methyl sites for hydroxylation is 1. The van der Waals surface area contributed by atoms with Gasteiger partial charge in [-0.2, -0.15) is 4.39 Å². The lowest BCUT2D eigenvalue weighted by Crippen LogP contribution is -2.48. The van der Waals surface area contributed by atoms with E-state index in [0.29, 0.717) is 18.4 Å². The molecule has 0 aliphatic carbocycles. The van der Waals surface area contributed by atoms with E-state index in [1.54, 1.807) is 36.2 Å². The maximum absolute atomic E-state index is 13.3. The van der Waals surface area contributed by atoms with Crippen LogP contribution in [0.25, 0.3) is 0 Å². The number of pyridine rings is 2. The number of amides is 2. The van der Waals surface area contributed by atoms with Crippen LogP contribution in [0.2, 0.25) is 0 Å². The Labute approximate surface area is 214 Å². The van der Waals surface area contributed by atoms with E-state index in [2.05, 4.69) is 21.8 Å². The molecule has 2 amide bonds. The van der Waals surface area contributed by atoms with Crippen molar-refractivity contribution in [1.82, 2.24) is 9.97 Å². The molecule has 0 saturated carbocycles.